The van der Waals surface area contributed by atoms with Crippen molar-refractivity contribution in [2.45, 2.75) is 6.54 Å². The van der Waals surface area contributed by atoms with Crippen LogP contribution in [0, 0.1) is 0 Å². The largest absolute Gasteiger partial charge is 0.467 e. The Morgan fingerprint density at radius 3 is 2.48 bits per heavy atom. The molecule has 7 heteroatoms. The highest BCUT2D eigenvalue weighted by atomic mass is 35.5. The maximum atomic E-state index is 11.7. The molecule has 0 aliphatic heterocycles. The van der Waals surface area contributed by atoms with Crippen LogP contribution in [0.4, 0.5) is 0 Å². The van der Waals surface area contributed by atoms with Gasteiger partial charge in [-0.1, -0.05) is 29.3 Å². The Kier molecular flexibility index (Phi) is 6.26. The fourth-order valence-electron chi connectivity index (χ4n) is 1.72. The SMILES string of the molecule is O=C(/C=C/c1c(Cl)cccc1Cl)NCC(=O)NCc1ccco1. The summed E-state index contributed by atoms with van der Waals surface area (Å²) in [5, 5.41) is 5.97. The number of benzene rings is 1. The van der Waals surface area contributed by atoms with Gasteiger partial charge in [-0.05, 0) is 30.3 Å². The van der Waals surface area contributed by atoms with Crippen molar-refractivity contribution >= 4 is 41.1 Å². The first kappa shape index (κ1) is 17.1. The van der Waals surface area contributed by atoms with Crippen LogP contribution in [-0.4, -0.2) is 18.4 Å². The lowest BCUT2D eigenvalue weighted by Crippen LogP contribution is -2.35. The third-order valence-electron chi connectivity index (χ3n) is 2.86. The average Bonchev–Trinajstić information content (AvgIpc) is 3.04. The number of furan rings is 1. The maximum absolute atomic E-state index is 11.7. The Morgan fingerprint density at radius 1 is 1.09 bits per heavy atom. The van der Waals surface area contributed by atoms with Crippen LogP contribution in [0.3, 0.4) is 0 Å². The van der Waals surface area contributed by atoms with Crippen LogP contribution in [0.2, 0.25) is 10.0 Å². The molecule has 1 aromatic heterocycles. The van der Waals surface area contributed by atoms with Gasteiger partial charge in [0.05, 0.1) is 19.4 Å². The van der Waals surface area contributed by atoms with Crippen LogP contribution >= 0.6 is 23.2 Å². The molecule has 2 amide bonds. The molecule has 0 saturated carbocycles. The molecular formula is C16H14Cl2N2O3. The monoisotopic (exact) mass is 352 g/mol. The topological polar surface area (TPSA) is 71.3 Å². The lowest BCUT2D eigenvalue weighted by molar-refractivity contribution is -0.124. The van der Waals surface area contributed by atoms with E-state index in [0.717, 1.165) is 0 Å². The van der Waals surface area contributed by atoms with E-state index in [4.69, 9.17) is 27.6 Å². The highest BCUT2D eigenvalue weighted by Crippen LogP contribution is 2.25. The van der Waals surface area contributed by atoms with Gasteiger partial charge in [0.2, 0.25) is 11.8 Å². The Hall–Kier alpha value is -2.24. The number of carbonyl (C=O) groups is 2. The number of halogens is 2. The molecule has 5 nitrogen and oxygen atoms in total. The van der Waals surface area contributed by atoms with Crippen molar-refractivity contribution in [1.29, 1.82) is 0 Å². The number of amides is 2. The number of carbonyl (C=O) groups excluding carboxylic acids is 2. The zero-order valence-corrected chi connectivity index (χ0v) is 13.5. The van der Waals surface area contributed by atoms with Crippen LogP contribution in [0.5, 0.6) is 0 Å². The summed E-state index contributed by atoms with van der Waals surface area (Å²) >= 11 is 12.0. The lowest BCUT2D eigenvalue weighted by atomic mass is 10.2. The summed E-state index contributed by atoms with van der Waals surface area (Å²) < 4.78 is 5.08. The Labute approximate surface area is 143 Å². The molecule has 2 rings (SSSR count). The molecule has 0 radical (unpaired) electrons. The molecule has 2 aromatic rings. The third-order valence-corrected chi connectivity index (χ3v) is 3.52. The van der Waals surface area contributed by atoms with Crippen LogP contribution < -0.4 is 10.6 Å². The second kappa shape index (κ2) is 8.41. The molecule has 0 aliphatic carbocycles. The molecule has 0 atom stereocenters. The van der Waals surface area contributed by atoms with Gasteiger partial charge in [-0.15, -0.1) is 0 Å². The van der Waals surface area contributed by atoms with Crippen LogP contribution in [-0.2, 0) is 16.1 Å². The number of rotatable bonds is 6. The van der Waals surface area contributed by atoms with Crippen molar-refractivity contribution in [3.63, 3.8) is 0 Å². The first-order valence-corrected chi connectivity index (χ1v) is 7.51. The van der Waals surface area contributed by atoms with Gasteiger partial charge in [0, 0.05) is 21.7 Å². The van der Waals surface area contributed by atoms with Crippen LogP contribution in [0.25, 0.3) is 6.08 Å². The van der Waals surface area contributed by atoms with E-state index in [1.165, 1.54) is 18.4 Å². The molecule has 23 heavy (non-hydrogen) atoms. The van der Waals surface area contributed by atoms with Gasteiger partial charge in [0.25, 0.3) is 0 Å². The molecule has 120 valence electrons. The summed E-state index contributed by atoms with van der Waals surface area (Å²) in [7, 11) is 0. The van der Waals surface area contributed by atoms with E-state index in [-0.39, 0.29) is 19.0 Å². The van der Waals surface area contributed by atoms with Gasteiger partial charge in [0.15, 0.2) is 0 Å². The van der Waals surface area contributed by atoms with E-state index < -0.39 is 5.91 Å². The lowest BCUT2D eigenvalue weighted by Gasteiger charge is -2.04. The molecule has 0 unspecified atom stereocenters. The van der Waals surface area contributed by atoms with Crippen molar-refractivity contribution in [3.8, 4) is 0 Å². The summed E-state index contributed by atoms with van der Waals surface area (Å²) in [5.74, 6) is -0.106. The number of nitrogens with one attached hydrogen (secondary N) is 2. The minimum absolute atomic E-state index is 0.139. The van der Waals surface area contributed by atoms with Gasteiger partial charge < -0.3 is 15.1 Å². The van der Waals surface area contributed by atoms with Crippen LogP contribution in [0.1, 0.15) is 11.3 Å². The summed E-state index contributed by atoms with van der Waals surface area (Å²) in [6, 6.07) is 8.54. The van der Waals surface area contributed by atoms with Crippen molar-refractivity contribution in [1.82, 2.24) is 10.6 Å². The molecule has 0 fully saturated rings. The second-order valence-corrected chi connectivity index (χ2v) is 5.36. The first-order chi connectivity index (χ1) is 11.1. The van der Waals surface area contributed by atoms with E-state index in [0.29, 0.717) is 21.4 Å². The minimum Gasteiger partial charge on any atom is -0.467 e. The number of hydrogen-bond acceptors (Lipinski definition) is 3. The van der Waals surface area contributed by atoms with Crippen molar-refractivity contribution in [2.75, 3.05) is 6.54 Å². The molecule has 0 spiro atoms. The third kappa shape index (κ3) is 5.47. The van der Waals surface area contributed by atoms with Crippen molar-refractivity contribution in [3.05, 3.63) is 64.0 Å². The van der Waals surface area contributed by atoms with E-state index in [9.17, 15) is 9.59 Å². The fraction of sp³-hybridized carbons (Fsp3) is 0.125. The zero-order chi connectivity index (χ0) is 16.7. The second-order valence-electron chi connectivity index (χ2n) is 4.54. The Morgan fingerprint density at radius 2 is 1.83 bits per heavy atom. The van der Waals surface area contributed by atoms with E-state index in [1.807, 2.05) is 0 Å². The summed E-state index contributed by atoms with van der Waals surface area (Å²) in [6.45, 7) is 0.132. The minimum atomic E-state index is -0.422. The molecule has 1 aromatic carbocycles. The fourth-order valence-corrected chi connectivity index (χ4v) is 2.24. The van der Waals surface area contributed by atoms with E-state index in [1.54, 1.807) is 30.3 Å². The molecular weight excluding hydrogens is 339 g/mol. The first-order valence-electron chi connectivity index (χ1n) is 6.75. The van der Waals surface area contributed by atoms with Crippen molar-refractivity contribution in [2.24, 2.45) is 0 Å². The van der Waals surface area contributed by atoms with Gasteiger partial charge in [0.1, 0.15) is 5.76 Å². The summed E-state index contributed by atoms with van der Waals surface area (Å²) in [5.41, 5.74) is 0.549. The highest BCUT2D eigenvalue weighted by molar-refractivity contribution is 6.37. The Balaban J connectivity index is 1.78. The normalized spacial score (nSPS) is 10.7. The quantitative estimate of drug-likeness (QED) is 0.785. The number of hydrogen-bond donors (Lipinski definition) is 2. The standard InChI is InChI=1S/C16H14Cl2N2O3/c17-13-4-1-5-14(18)12(13)6-7-15(21)20-10-16(22)19-9-11-3-2-8-23-11/h1-8H,9-10H2,(H,19,22)(H,20,21)/b7-6+. The molecule has 0 aliphatic rings. The van der Waals surface area contributed by atoms with E-state index >= 15 is 0 Å². The van der Waals surface area contributed by atoms with Gasteiger partial charge in [-0.2, -0.15) is 0 Å². The summed E-state index contributed by atoms with van der Waals surface area (Å²) in [6.07, 6.45) is 4.29. The van der Waals surface area contributed by atoms with E-state index in [2.05, 4.69) is 10.6 Å². The maximum Gasteiger partial charge on any atom is 0.244 e. The van der Waals surface area contributed by atoms with Gasteiger partial charge in [-0.3, -0.25) is 9.59 Å². The highest BCUT2D eigenvalue weighted by Gasteiger charge is 2.05. The smallest absolute Gasteiger partial charge is 0.244 e. The van der Waals surface area contributed by atoms with Crippen LogP contribution in [0.15, 0.2) is 47.1 Å². The molecule has 0 bridgehead atoms. The van der Waals surface area contributed by atoms with Crippen molar-refractivity contribution < 1.29 is 14.0 Å². The van der Waals surface area contributed by atoms with Gasteiger partial charge in [-0.25, -0.2) is 0 Å². The molecule has 2 N–H and O–H groups in total. The molecule has 1 heterocycles. The predicted octanol–water partition coefficient (Wildman–Crippen LogP) is 3.03. The summed E-state index contributed by atoms with van der Waals surface area (Å²) in [4.78, 5) is 23.3. The average molecular weight is 353 g/mol. The van der Waals surface area contributed by atoms with Gasteiger partial charge >= 0.3 is 0 Å². The molecule has 0 saturated heterocycles. The zero-order valence-electron chi connectivity index (χ0n) is 12.0. The Bertz CT molecular complexity index is 692. The predicted molar refractivity (Wildman–Crippen MR) is 89.1 cm³/mol.